The lowest BCUT2D eigenvalue weighted by molar-refractivity contribution is 0.102. The Balaban J connectivity index is 1.96. The summed E-state index contributed by atoms with van der Waals surface area (Å²) in [7, 11) is 0. The molecule has 3 nitrogen and oxygen atoms in total. The third-order valence-corrected chi connectivity index (χ3v) is 3.70. The van der Waals surface area contributed by atoms with Crippen molar-refractivity contribution in [2.24, 2.45) is 0 Å². The van der Waals surface area contributed by atoms with Crippen LogP contribution >= 0.6 is 11.5 Å². The van der Waals surface area contributed by atoms with E-state index in [0.29, 0.717) is 5.69 Å². The van der Waals surface area contributed by atoms with Crippen molar-refractivity contribution < 1.29 is 4.79 Å². The Bertz CT molecular complexity index is 734. The van der Waals surface area contributed by atoms with Crippen LogP contribution < -0.4 is 5.32 Å². The number of carbonyl (C=O) groups excluding carboxylic acids is 1. The largest absolute Gasteiger partial charge is 0.321 e. The van der Waals surface area contributed by atoms with E-state index < -0.39 is 0 Å². The molecule has 0 spiro atoms. The molecule has 0 aliphatic rings. The molecule has 1 amide bonds. The van der Waals surface area contributed by atoms with Gasteiger partial charge in [-0.3, -0.25) is 4.79 Å². The molecule has 2 aromatic carbocycles. The highest BCUT2D eigenvalue weighted by Gasteiger charge is 2.14. The summed E-state index contributed by atoms with van der Waals surface area (Å²) in [5.74, 6) is -0.164. The maximum absolute atomic E-state index is 12.2. The van der Waals surface area contributed by atoms with Gasteiger partial charge in [0.2, 0.25) is 0 Å². The molecule has 0 aliphatic carbocycles. The smallest absolute Gasteiger partial charge is 0.276 e. The van der Waals surface area contributed by atoms with Gasteiger partial charge in [-0.05, 0) is 42.7 Å². The van der Waals surface area contributed by atoms with Gasteiger partial charge in [0, 0.05) is 11.1 Å². The molecule has 0 radical (unpaired) electrons. The number of para-hydroxylation sites is 1. The number of hydrogen-bond donors (Lipinski definition) is 1. The van der Waals surface area contributed by atoms with Gasteiger partial charge in [-0.1, -0.05) is 29.8 Å². The first-order valence-electron chi connectivity index (χ1n) is 5.96. The second-order valence-electron chi connectivity index (χ2n) is 4.35. The highest BCUT2D eigenvalue weighted by Crippen LogP contribution is 2.24. The van der Waals surface area contributed by atoms with Crippen molar-refractivity contribution in [3.05, 3.63) is 59.8 Å². The SMILES string of the molecule is Cc1ccc2snc(C(=O)Nc3ccccc3)c2c1. The van der Waals surface area contributed by atoms with Crippen molar-refractivity contribution in [3.63, 3.8) is 0 Å². The van der Waals surface area contributed by atoms with Crippen LogP contribution in [0.4, 0.5) is 5.69 Å². The van der Waals surface area contributed by atoms with Gasteiger partial charge in [-0.2, -0.15) is 4.37 Å². The Labute approximate surface area is 115 Å². The minimum absolute atomic E-state index is 0.164. The van der Waals surface area contributed by atoms with Crippen molar-refractivity contribution in [1.29, 1.82) is 0 Å². The van der Waals surface area contributed by atoms with Gasteiger partial charge in [0.25, 0.3) is 5.91 Å². The second-order valence-corrected chi connectivity index (χ2v) is 5.16. The van der Waals surface area contributed by atoms with Gasteiger partial charge in [0.05, 0.1) is 4.70 Å². The number of hydrogen-bond acceptors (Lipinski definition) is 3. The maximum Gasteiger partial charge on any atom is 0.276 e. The number of benzene rings is 2. The van der Waals surface area contributed by atoms with Crippen molar-refractivity contribution in [3.8, 4) is 0 Å². The van der Waals surface area contributed by atoms with Crippen LogP contribution in [0.15, 0.2) is 48.5 Å². The third-order valence-electron chi connectivity index (χ3n) is 2.87. The summed E-state index contributed by atoms with van der Waals surface area (Å²) in [6.07, 6.45) is 0. The summed E-state index contributed by atoms with van der Waals surface area (Å²) in [4.78, 5) is 12.2. The Kier molecular flexibility index (Phi) is 3.01. The van der Waals surface area contributed by atoms with Gasteiger partial charge in [-0.25, -0.2) is 0 Å². The Morgan fingerprint density at radius 1 is 1.16 bits per heavy atom. The Morgan fingerprint density at radius 2 is 1.95 bits per heavy atom. The third kappa shape index (κ3) is 2.35. The molecule has 3 rings (SSSR count). The van der Waals surface area contributed by atoms with E-state index in [1.54, 1.807) is 0 Å². The van der Waals surface area contributed by atoms with Gasteiger partial charge in [-0.15, -0.1) is 0 Å². The predicted molar refractivity (Wildman–Crippen MR) is 78.8 cm³/mol. The molecule has 19 heavy (non-hydrogen) atoms. The number of anilines is 1. The van der Waals surface area contributed by atoms with Crippen molar-refractivity contribution in [2.45, 2.75) is 6.92 Å². The molecule has 94 valence electrons. The second kappa shape index (κ2) is 4.82. The topological polar surface area (TPSA) is 42.0 Å². The first-order chi connectivity index (χ1) is 9.24. The fraction of sp³-hybridized carbons (Fsp3) is 0.0667. The summed E-state index contributed by atoms with van der Waals surface area (Å²) < 4.78 is 5.29. The fourth-order valence-corrected chi connectivity index (χ4v) is 2.68. The highest BCUT2D eigenvalue weighted by atomic mass is 32.1. The van der Waals surface area contributed by atoms with Crippen LogP contribution in [0.3, 0.4) is 0 Å². The molecule has 0 bridgehead atoms. The van der Waals surface area contributed by atoms with Crippen LogP contribution in [0.2, 0.25) is 0 Å². The molecule has 0 aliphatic heterocycles. The number of fused-ring (bicyclic) bond motifs is 1. The van der Waals surface area contributed by atoms with Gasteiger partial charge in [0.15, 0.2) is 0 Å². The van der Waals surface area contributed by atoms with E-state index in [0.717, 1.165) is 21.3 Å². The summed E-state index contributed by atoms with van der Waals surface area (Å²) >= 11 is 1.35. The van der Waals surface area contributed by atoms with Gasteiger partial charge < -0.3 is 5.32 Å². The van der Waals surface area contributed by atoms with Crippen molar-refractivity contribution in [2.75, 3.05) is 5.32 Å². The number of aromatic nitrogens is 1. The molecule has 1 aromatic heterocycles. The molecule has 1 N–H and O–H groups in total. The zero-order valence-electron chi connectivity index (χ0n) is 10.4. The average molecular weight is 268 g/mol. The zero-order valence-corrected chi connectivity index (χ0v) is 11.2. The quantitative estimate of drug-likeness (QED) is 0.767. The summed E-state index contributed by atoms with van der Waals surface area (Å²) in [6.45, 7) is 2.01. The van der Waals surface area contributed by atoms with Crippen LogP contribution in [0.25, 0.3) is 10.1 Å². The number of nitrogens with one attached hydrogen (secondary N) is 1. The molecular formula is C15H12N2OS. The predicted octanol–water partition coefficient (Wildman–Crippen LogP) is 3.86. The molecule has 4 heteroatoms. The summed E-state index contributed by atoms with van der Waals surface area (Å²) in [5, 5.41) is 3.78. The highest BCUT2D eigenvalue weighted by molar-refractivity contribution is 7.13. The lowest BCUT2D eigenvalue weighted by atomic mass is 10.1. The molecule has 0 saturated heterocycles. The van der Waals surface area contributed by atoms with Gasteiger partial charge >= 0.3 is 0 Å². The number of rotatable bonds is 2. The first kappa shape index (κ1) is 11.9. The van der Waals surface area contributed by atoms with E-state index in [2.05, 4.69) is 9.69 Å². The maximum atomic E-state index is 12.2. The van der Waals surface area contributed by atoms with Crippen LogP contribution in [0.5, 0.6) is 0 Å². The van der Waals surface area contributed by atoms with Crippen LogP contribution in [-0.4, -0.2) is 10.3 Å². The number of aryl methyl sites for hydroxylation is 1. The van der Waals surface area contributed by atoms with E-state index in [4.69, 9.17) is 0 Å². The normalized spacial score (nSPS) is 10.6. The van der Waals surface area contributed by atoms with Crippen molar-refractivity contribution in [1.82, 2.24) is 4.37 Å². The van der Waals surface area contributed by atoms with Crippen LogP contribution in [-0.2, 0) is 0 Å². The van der Waals surface area contributed by atoms with E-state index in [-0.39, 0.29) is 5.91 Å². The molecule has 0 atom stereocenters. The zero-order chi connectivity index (χ0) is 13.2. The summed E-state index contributed by atoms with van der Waals surface area (Å²) in [5.41, 5.74) is 2.40. The number of carbonyl (C=O) groups is 1. The minimum atomic E-state index is -0.164. The van der Waals surface area contributed by atoms with Gasteiger partial charge in [0.1, 0.15) is 5.69 Å². The lowest BCUT2D eigenvalue weighted by Crippen LogP contribution is -2.12. The molecule has 0 fully saturated rings. The number of amides is 1. The Morgan fingerprint density at radius 3 is 2.74 bits per heavy atom. The molecule has 0 unspecified atom stereocenters. The minimum Gasteiger partial charge on any atom is -0.321 e. The monoisotopic (exact) mass is 268 g/mol. The molecular weight excluding hydrogens is 256 g/mol. The molecule has 0 saturated carbocycles. The average Bonchev–Trinajstić information content (AvgIpc) is 2.82. The van der Waals surface area contributed by atoms with Crippen LogP contribution in [0.1, 0.15) is 16.1 Å². The standard InChI is InChI=1S/C15H12N2OS/c1-10-7-8-13-12(9-10)14(17-19-13)15(18)16-11-5-3-2-4-6-11/h2-9H,1H3,(H,16,18). The molecule has 1 heterocycles. The first-order valence-corrected chi connectivity index (χ1v) is 6.74. The molecule has 3 aromatic rings. The van der Waals surface area contributed by atoms with E-state index in [9.17, 15) is 4.79 Å². The number of nitrogens with zero attached hydrogens (tertiary/aromatic N) is 1. The van der Waals surface area contributed by atoms with Crippen molar-refractivity contribution >= 4 is 33.2 Å². The van der Waals surface area contributed by atoms with E-state index in [1.807, 2.05) is 55.5 Å². The summed E-state index contributed by atoms with van der Waals surface area (Å²) in [6, 6.07) is 15.4. The Hall–Kier alpha value is -2.20. The lowest BCUT2D eigenvalue weighted by Gasteiger charge is -2.03. The fourth-order valence-electron chi connectivity index (χ4n) is 1.93. The van der Waals surface area contributed by atoms with E-state index in [1.165, 1.54) is 11.5 Å². The van der Waals surface area contributed by atoms with Crippen LogP contribution in [0, 0.1) is 6.92 Å². The van der Waals surface area contributed by atoms with E-state index >= 15 is 0 Å².